The first-order valence-electron chi connectivity index (χ1n) is 7.27. The van der Waals surface area contributed by atoms with Crippen molar-refractivity contribution in [3.63, 3.8) is 0 Å². The second kappa shape index (κ2) is 8.82. The van der Waals surface area contributed by atoms with Gasteiger partial charge in [0.05, 0.1) is 26.4 Å². The van der Waals surface area contributed by atoms with E-state index in [1.165, 1.54) is 0 Å². The minimum absolute atomic E-state index is 0.0200. The van der Waals surface area contributed by atoms with E-state index in [1.807, 2.05) is 38.1 Å². The van der Waals surface area contributed by atoms with Gasteiger partial charge < -0.3 is 19.7 Å². The van der Waals surface area contributed by atoms with Crippen molar-refractivity contribution >= 4 is 0 Å². The van der Waals surface area contributed by atoms with Gasteiger partial charge in [-0.1, -0.05) is 25.5 Å². The van der Waals surface area contributed by atoms with E-state index < -0.39 is 5.41 Å². The SMILES string of the molecule is CCCC(CO)(CO)CCOc1ccccc1OCC. The summed E-state index contributed by atoms with van der Waals surface area (Å²) in [6, 6.07) is 7.54. The number of para-hydroxylation sites is 2. The van der Waals surface area contributed by atoms with Crippen LogP contribution in [0.2, 0.25) is 0 Å². The van der Waals surface area contributed by atoms with Crippen molar-refractivity contribution in [3.8, 4) is 11.5 Å². The van der Waals surface area contributed by atoms with Crippen molar-refractivity contribution in [2.75, 3.05) is 26.4 Å². The summed E-state index contributed by atoms with van der Waals surface area (Å²) in [7, 11) is 0. The van der Waals surface area contributed by atoms with Crippen molar-refractivity contribution < 1.29 is 19.7 Å². The molecule has 0 bridgehead atoms. The lowest BCUT2D eigenvalue weighted by Crippen LogP contribution is -2.31. The monoisotopic (exact) mass is 282 g/mol. The van der Waals surface area contributed by atoms with Crippen LogP contribution in [0.4, 0.5) is 0 Å². The summed E-state index contributed by atoms with van der Waals surface area (Å²) in [5, 5.41) is 19.0. The van der Waals surface area contributed by atoms with Crippen molar-refractivity contribution in [3.05, 3.63) is 24.3 Å². The average molecular weight is 282 g/mol. The fourth-order valence-corrected chi connectivity index (χ4v) is 2.24. The molecule has 0 aliphatic rings. The van der Waals surface area contributed by atoms with Crippen LogP contribution in [0.5, 0.6) is 11.5 Å². The molecule has 114 valence electrons. The molecule has 0 fully saturated rings. The molecule has 0 heterocycles. The number of hydrogen-bond donors (Lipinski definition) is 2. The van der Waals surface area contributed by atoms with Crippen molar-refractivity contribution in [2.45, 2.75) is 33.1 Å². The lowest BCUT2D eigenvalue weighted by atomic mass is 9.82. The third kappa shape index (κ3) is 4.69. The van der Waals surface area contributed by atoms with Crippen molar-refractivity contribution in [1.82, 2.24) is 0 Å². The summed E-state index contributed by atoms with van der Waals surface area (Å²) >= 11 is 0. The molecule has 0 radical (unpaired) electrons. The number of aliphatic hydroxyl groups is 2. The Bertz CT molecular complexity index is 374. The first kappa shape index (κ1) is 16.8. The molecular weight excluding hydrogens is 256 g/mol. The van der Waals surface area contributed by atoms with Crippen LogP contribution in [0.1, 0.15) is 33.1 Å². The van der Waals surface area contributed by atoms with Gasteiger partial charge in [0.15, 0.2) is 11.5 Å². The van der Waals surface area contributed by atoms with E-state index in [9.17, 15) is 10.2 Å². The number of aliphatic hydroxyl groups excluding tert-OH is 2. The summed E-state index contributed by atoms with van der Waals surface area (Å²) in [5.41, 5.74) is -0.449. The van der Waals surface area contributed by atoms with Gasteiger partial charge in [0.25, 0.3) is 0 Å². The summed E-state index contributed by atoms with van der Waals surface area (Å²) < 4.78 is 11.2. The van der Waals surface area contributed by atoms with Gasteiger partial charge in [0.2, 0.25) is 0 Å². The molecule has 4 heteroatoms. The molecule has 0 saturated carbocycles. The quantitative estimate of drug-likeness (QED) is 0.692. The van der Waals surface area contributed by atoms with Gasteiger partial charge in [-0.25, -0.2) is 0 Å². The zero-order valence-corrected chi connectivity index (χ0v) is 12.5. The van der Waals surface area contributed by atoms with Crippen molar-refractivity contribution in [2.24, 2.45) is 5.41 Å². The molecule has 20 heavy (non-hydrogen) atoms. The highest BCUT2D eigenvalue weighted by Crippen LogP contribution is 2.30. The van der Waals surface area contributed by atoms with Gasteiger partial charge in [-0.3, -0.25) is 0 Å². The molecule has 0 amide bonds. The fraction of sp³-hybridized carbons (Fsp3) is 0.625. The third-order valence-corrected chi connectivity index (χ3v) is 3.49. The molecule has 0 saturated heterocycles. The van der Waals surface area contributed by atoms with Crippen LogP contribution in [0.15, 0.2) is 24.3 Å². The normalized spacial score (nSPS) is 11.4. The Balaban J connectivity index is 2.58. The second-order valence-corrected chi connectivity index (χ2v) is 5.04. The van der Waals surface area contributed by atoms with Crippen LogP contribution in [-0.2, 0) is 0 Å². The van der Waals surface area contributed by atoms with E-state index in [2.05, 4.69) is 0 Å². The van der Waals surface area contributed by atoms with Gasteiger partial charge in [0, 0.05) is 5.41 Å². The van der Waals surface area contributed by atoms with Crippen LogP contribution < -0.4 is 9.47 Å². The smallest absolute Gasteiger partial charge is 0.161 e. The van der Waals surface area contributed by atoms with Crippen LogP contribution in [-0.4, -0.2) is 36.6 Å². The van der Waals surface area contributed by atoms with Gasteiger partial charge in [-0.15, -0.1) is 0 Å². The standard InChI is InChI=1S/C16H26O4/c1-3-9-16(12-17,13-18)10-11-20-15-8-6-5-7-14(15)19-4-2/h5-8,17-18H,3-4,9-13H2,1-2H3. The molecule has 0 atom stereocenters. The molecule has 0 aliphatic heterocycles. The molecular formula is C16H26O4. The molecule has 2 N–H and O–H groups in total. The Morgan fingerprint density at radius 3 is 2.05 bits per heavy atom. The summed E-state index contributed by atoms with van der Waals surface area (Å²) in [5.74, 6) is 1.43. The van der Waals surface area contributed by atoms with Crippen LogP contribution in [0.3, 0.4) is 0 Å². The highest BCUT2D eigenvalue weighted by atomic mass is 16.5. The minimum atomic E-state index is -0.449. The Hall–Kier alpha value is -1.26. The maximum atomic E-state index is 9.50. The Morgan fingerprint density at radius 1 is 0.950 bits per heavy atom. The Morgan fingerprint density at radius 2 is 1.55 bits per heavy atom. The predicted octanol–water partition coefficient (Wildman–Crippen LogP) is 2.63. The number of hydrogen-bond acceptors (Lipinski definition) is 4. The third-order valence-electron chi connectivity index (χ3n) is 3.49. The van der Waals surface area contributed by atoms with Gasteiger partial charge >= 0.3 is 0 Å². The van der Waals surface area contributed by atoms with Crippen LogP contribution in [0.25, 0.3) is 0 Å². The molecule has 4 nitrogen and oxygen atoms in total. The maximum Gasteiger partial charge on any atom is 0.161 e. The molecule has 0 aliphatic carbocycles. The summed E-state index contributed by atoms with van der Waals surface area (Å²) in [6.45, 7) is 4.98. The van der Waals surface area contributed by atoms with Crippen molar-refractivity contribution in [1.29, 1.82) is 0 Å². The minimum Gasteiger partial charge on any atom is -0.490 e. The van der Waals surface area contributed by atoms with E-state index in [-0.39, 0.29) is 13.2 Å². The first-order chi connectivity index (χ1) is 9.71. The molecule has 0 spiro atoms. The second-order valence-electron chi connectivity index (χ2n) is 5.04. The Kier molecular flexibility index (Phi) is 7.41. The maximum absolute atomic E-state index is 9.50. The lowest BCUT2D eigenvalue weighted by Gasteiger charge is -2.29. The van der Waals surface area contributed by atoms with Gasteiger partial charge in [0.1, 0.15) is 0 Å². The highest BCUT2D eigenvalue weighted by molar-refractivity contribution is 5.39. The summed E-state index contributed by atoms with van der Waals surface area (Å²) in [4.78, 5) is 0. The molecule has 0 aromatic heterocycles. The zero-order valence-electron chi connectivity index (χ0n) is 12.5. The van der Waals surface area contributed by atoms with Gasteiger partial charge in [-0.2, -0.15) is 0 Å². The lowest BCUT2D eigenvalue weighted by molar-refractivity contribution is 0.0277. The number of rotatable bonds is 10. The molecule has 1 rings (SSSR count). The topological polar surface area (TPSA) is 58.9 Å². The van der Waals surface area contributed by atoms with E-state index in [0.29, 0.717) is 25.4 Å². The van der Waals surface area contributed by atoms with E-state index >= 15 is 0 Å². The van der Waals surface area contributed by atoms with Crippen LogP contribution >= 0.6 is 0 Å². The van der Waals surface area contributed by atoms with Gasteiger partial charge in [-0.05, 0) is 31.9 Å². The van der Waals surface area contributed by atoms with E-state index in [1.54, 1.807) is 0 Å². The fourth-order valence-electron chi connectivity index (χ4n) is 2.24. The largest absolute Gasteiger partial charge is 0.490 e. The van der Waals surface area contributed by atoms with E-state index in [0.717, 1.165) is 18.6 Å². The average Bonchev–Trinajstić information content (AvgIpc) is 2.48. The van der Waals surface area contributed by atoms with Crippen LogP contribution in [0, 0.1) is 5.41 Å². The number of ether oxygens (including phenoxy) is 2. The highest BCUT2D eigenvalue weighted by Gasteiger charge is 2.27. The number of benzene rings is 1. The molecule has 1 aromatic rings. The summed E-state index contributed by atoms with van der Waals surface area (Å²) in [6.07, 6.45) is 2.33. The molecule has 0 unspecified atom stereocenters. The first-order valence-corrected chi connectivity index (χ1v) is 7.27. The molecule has 1 aromatic carbocycles. The zero-order chi connectivity index (χ0) is 14.8. The predicted molar refractivity (Wildman–Crippen MR) is 79.2 cm³/mol. The Labute approximate surface area is 121 Å². The van der Waals surface area contributed by atoms with E-state index in [4.69, 9.17) is 9.47 Å².